The van der Waals surface area contributed by atoms with Crippen LogP contribution in [0.3, 0.4) is 0 Å². The molecule has 0 radical (unpaired) electrons. The first-order chi connectivity index (χ1) is 8.93. The highest BCUT2D eigenvalue weighted by atomic mass is 79.9. The molecule has 0 aromatic heterocycles. The number of alkyl halides is 2. The van der Waals surface area contributed by atoms with Crippen LogP contribution in [0.4, 0.5) is 8.78 Å². The molecule has 19 heavy (non-hydrogen) atoms. The SMILES string of the molecule is CNCC(=Cc1cc(Br)ccc1OC(F)F)C(C)C. The Morgan fingerprint density at radius 2 is 2.11 bits per heavy atom. The molecule has 0 saturated carbocycles. The second-order valence-corrected chi connectivity index (χ2v) is 5.38. The molecular formula is C14H18BrF2NO. The first kappa shape index (κ1) is 16.1. The number of rotatable bonds is 6. The zero-order chi connectivity index (χ0) is 14.4. The lowest BCUT2D eigenvalue weighted by Gasteiger charge is -2.13. The molecule has 1 rings (SSSR count). The van der Waals surface area contributed by atoms with Gasteiger partial charge in [-0.2, -0.15) is 8.78 Å². The number of hydrogen-bond acceptors (Lipinski definition) is 2. The van der Waals surface area contributed by atoms with Crippen LogP contribution in [0.1, 0.15) is 19.4 Å². The van der Waals surface area contributed by atoms with Crippen LogP contribution in [0.2, 0.25) is 0 Å². The number of hydrogen-bond donors (Lipinski definition) is 1. The minimum absolute atomic E-state index is 0.187. The summed E-state index contributed by atoms with van der Waals surface area (Å²) < 4.78 is 30.1. The fraction of sp³-hybridized carbons (Fsp3) is 0.429. The van der Waals surface area contributed by atoms with E-state index in [0.29, 0.717) is 18.0 Å². The minimum Gasteiger partial charge on any atom is -0.434 e. The summed E-state index contributed by atoms with van der Waals surface area (Å²) in [6.07, 6.45) is 1.89. The second-order valence-electron chi connectivity index (χ2n) is 4.46. The van der Waals surface area contributed by atoms with Gasteiger partial charge in [-0.25, -0.2) is 0 Å². The fourth-order valence-corrected chi connectivity index (χ4v) is 2.04. The molecule has 0 bridgehead atoms. The maximum Gasteiger partial charge on any atom is 0.387 e. The van der Waals surface area contributed by atoms with Crippen molar-refractivity contribution in [3.05, 3.63) is 33.8 Å². The van der Waals surface area contributed by atoms with Crippen molar-refractivity contribution in [3.8, 4) is 5.75 Å². The van der Waals surface area contributed by atoms with Gasteiger partial charge in [-0.05, 0) is 31.2 Å². The third-order valence-corrected chi connectivity index (χ3v) is 3.14. The summed E-state index contributed by atoms with van der Waals surface area (Å²) in [7, 11) is 1.85. The Labute approximate surface area is 121 Å². The highest BCUT2D eigenvalue weighted by molar-refractivity contribution is 9.10. The van der Waals surface area contributed by atoms with Crippen molar-refractivity contribution < 1.29 is 13.5 Å². The highest BCUT2D eigenvalue weighted by Gasteiger charge is 2.10. The van der Waals surface area contributed by atoms with E-state index in [1.165, 1.54) is 0 Å². The van der Waals surface area contributed by atoms with E-state index < -0.39 is 6.61 Å². The Morgan fingerprint density at radius 3 is 2.63 bits per heavy atom. The normalized spacial score (nSPS) is 12.3. The number of nitrogens with one attached hydrogen (secondary N) is 1. The van der Waals surface area contributed by atoms with Gasteiger partial charge >= 0.3 is 6.61 Å². The minimum atomic E-state index is -2.82. The van der Waals surface area contributed by atoms with Gasteiger partial charge in [0.2, 0.25) is 0 Å². The predicted octanol–water partition coefficient (Wildman–Crippen LogP) is 4.31. The average Bonchev–Trinajstić information content (AvgIpc) is 2.31. The Balaban J connectivity index is 3.15. The molecular weight excluding hydrogens is 316 g/mol. The molecule has 0 aliphatic heterocycles. The van der Waals surface area contributed by atoms with Gasteiger partial charge in [-0.1, -0.05) is 41.4 Å². The van der Waals surface area contributed by atoms with Crippen molar-refractivity contribution in [2.24, 2.45) is 5.92 Å². The Kier molecular flexibility index (Phi) is 6.45. The van der Waals surface area contributed by atoms with Gasteiger partial charge in [-0.3, -0.25) is 0 Å². The number of ether oxygens (including phenoxy) is 1. The molecule has 0 saturated heterocycles. The third kappa shape index (κ3) is 5.28. The number of likely N-dealkylation sites (N-methyl/N-ethyl adjacent to an activating group) is 1. The maximum atomic E-state index is 12.4. The molecule has 1 N–H and O–H groups in total. The molecule has 2 nitrogen and oxygen atoms in total. The molecule has 0 heterocycles. The summed E-state index contributed by atoms with van der Waals surface area (Å²) in [4.78, 5) is 0. The van der Waals surface area contributed by atoms with Gasteiger partial charge in [0.05, 0.1) is 0 Å². The van der Waals surface area contributed by atoms with Gasteiger partial charge in [-0.15, -0.1) is 0 Å². The fourth-order valence-electron chi connectivity index (χ4n) is 1.66. The Hall–Kier alpha value is -0.940. The van der Waals surface area contributed by atoms with E-state index in [9.17, 15) is 8.78 Å². The van der Waals surface area contributed by atoms with Crippen LogP contribution in [0.25, 0.3) is 6.08 Å². The summed E-state index contributed by atoms with van der Waals surface area (Å²) >= 11 is 3.34. The topological polar surface area (TPSA) is 21.3 Å². The van der Waals surface area contributed by atoms with E-state index in [2.05, 4.69) is 39.8 Å². The quantitative estimate of drug-likeness (QED) is 0.837. The molecule has 0 spiro atoms. The average molecular weight is 334 g/mol. The zero-order valence-corrected chi connectivity index (χ0v) is 12.8. The monoisotopic (exact) mass is 333 g/mol. The summed E-state index contributed by atoms with van der Waals surface area (Å²) in [5.41, 5.74) is 1.77. The summed E-state index contributed by atoms with van der Waals surface area (Å²) in [5.74, 6) is 0.512. The van der Waals surface area contributed by atoms with E-state index in [0.717, 1.165) is 10.0 Å². The van der Waals surface area contributed by atoms with Crippen molar-refractivity contribution in [1.82, 2.24) is 5.32 Å². The van der Waals surface area contributed by atoms with Gasteiger partial charge in [0.1, 0.15) is 5.75 Å². The summed E-state index contributed by atoms with van der Waals surface area (Å²) in [6.45, 7) is 2.02. The molecule has 0 unspecified atom stereocenters. The molecule has 0 fully saturated rings. The van der Waals surface area contributed by atoms with Gasteiger partial charge in [0.25, 0.3) is 0 Å². The standard InChI is InChI=1S/C14H18BrF2NO/c1-9(2)11(8-18-3)6-10-7-12(15)4-5-13(10)19-14(16)17/h4-7,9,14,18H,8H2,1-3H3. The van der Waals surface area contributed by atoms with E-state index in [-0.39, 0.29) is 5.75 Å². The third-order valence-electron chi connectivity index (χ3n) is 2.65. The zero-order valence-electron chi connectivity index (χ0n) is 11.2. The van der Waals surface area contributed by atoms with Crippen LogP contribution in [0.15, 0.2) is 28.2 Å². The van der Waals surface area contributed by atoms with E-state index >= 15 is 0 Å². The van der Waals surface area contributed by atoms with Crippen LogP contribution >= 0.6 is 15.9 Å². The molecule has 5 heteroatoms. The first-order valence-electron chi connectivity index (χ1n) is 6.03. The molecule has 106 valence electrons. The Bertz CT molecular complexity index is 447. The van der Waals surface area contributed by atoms with Crippen LogP contribution in [0, 0.1) is 5.92 Å². The maximum absolute atomic E-state index is 12.4. The van der Waals surface area contributed by atoms with E-state index in [1.807, 2.05) is 13.1 Å². The molecule has 0 amide bonds. The number of benzene rings is 1. The largest absolute Gasteiger partial charge is 0.434 e. The van der Waals surface area contributed by atoms with Crippen molar-refractivity contribution in [2.45, 2.75) is 20.5 Å². The molecule has 1 aromatic rings. The van der Waals surface area contributed by atoms with Crippen LogP contribution in [0.5, 0.6) is 5.75 Å². The summed E-state index contributed by atoms with van der Waals surface area (Å²) in [5, 5.41) is 3.08. The van der Waals surface area contributed by atoms with Crippen LogP contribution in [-0.4, -0.2) is 20.2 Å². The van der Waals surface area contributed by atoms with E-state index in [1.54, 1.807) is 18.2 Å². The lowest BCUT2D eigenvalue weighted by Crippen LogP contribution is -2.14. The van der Waals surface area contributed by atoms with Crippen molar-refractivity contribution in [1.29, 1.82) is 0 Å². The van der Waals surface area contributed by atoms with Crippen molar-refractivity contribution in [3.63, 3.8) is 0 Å². The smallest absolute Gasteiger partial charge is 0.387 e. The Morgan fingerprint density at radius 1 is 1.42 bits per heavy atom. The van der Waals surface area contributed by atoms with Crippen molar-refractivity contribution in [2.75, 3.05) is 13.6 Å². The lowest BCUT2D eigenvalue weighted by molar-refractivity contribution is -0.0500. The summed E-state index contributed by atoms with van der Waals surface area (Å²) in [6, 6.07) is 5.00. The molecule has 1 aromatic carbocycles. The lowest BCUT2D eigenvalue weighted by atomic mass is 10.00. The molecule has 0 atom stereocenters. The number of halogens is 3. The first-order valence-corrected chi connectivity index (χ1v) is 6.82. The predicted molar refractivity (Wildman–Crippen MR) is 77.5 cm³/mol. The van der Waals surface area contributed by atoms with Gasteiger partial charge in [0, 0.05) is 16.6 Å². The van der Waals surface area contributed by atoms with Gasteiger partial charge in [0.15, 0.2) is 0 Å². The van der Waals surface area contributed by atoms with Gasteiger partial charge < -0.3 is 10.1 Å². The van der Waals surface area contributed by atoms with E-state index in [4.69, 9.17) is 0 Å². The molecule has 0 aliphatic carbocycles. The van der Waals surface area contributed by atoms with Crippen LogP contribution in [-0.2, 0) is 0 Å². The van der Waals surface area contributed by atoms with Crippen molar-refractivity contribution >= 4 is 22.0 Å². The van der Waals surface area contributed by atoms with Crippen LogP contribution < -0.4 is 10.1 Å². The second kappa shape index (κ2) is 7.60. The molecule has 0 aliphatic rings. The highest BCUT2D eigenvalue weighted by Crippen LogP contribution is 2.28.